The van der Waals surface area contributed by atoms with Crippen LogP contribution in [0.5, 0.6) is 0 Å². The number of allylic oxidation sites excluding steroid dienone is 2. The summed E-state index contributed by atoms with van der Waals surface area (Å²) in [5, 5.41) is 0. The number of Topliss-reactive ketones (excluding diaryl/α,β-unsaturated/α-hetero) is 1. The lowest BCUT2D eigenvalue weighted by atomic mass is 9.98. The standard InChI is InChI=1S/C33H62O/c1-3-5-7-9-11-13-15-17-19-21-23-25-27-31-29-30-33(34)32(31)28-26-24-22-20-18-16-14-12-10-8-6-4-2/h3-30H2,1-2H3. The number of hydrogen-bond donors (Lipinski definition) is 0. The molecule has 0 amide bonds. The van der Waals surface area contributed by atoms with Crippen LogP contribution in [-0.2, 0) is 4.79 Å². The fourth-order valence-electron chi connectivity index (χ4n) is 5.68. The lowest BCUT2D eigenvalue weighted by Gasteiger charge is -2.08. The van der Waals surface area contributed by atoms with Gasteiger partial charge < -0.3 is 0 Å². The summed E-state index contributed by atoms with van der Waals surface area (Å²) in [6, 6.07) is 0. The Hall–Kier alpha value is -0.590. The zero-order valence-corrected chi connectivity index (χ0v) is 23.7. The minimum absolute atomic E-state index is 0.483. The summed E-state index contributed by atoms with van der Waals surface area (Å²) < 4.78 is 0. The predicted molar refractivity (Wildman–Crippen MR) is 153 cm³/mol. The van der Waals surface area contributed by atoms with Gasteiger partial charge in [0.2, 0.25) is 0 Å². The fraction of sp³-hybridized carbons (Fsp3) is 0.909. The molecule has 0 unspecified atom stereocenters. The summed E-state index contributed by atoms with van der Waals surface area (Å²) in [6.45, 7) is 4.59. The van der Waals surface area contributed by atoms with Crippen LogP contribution in [0, 0.1) is 0 Å². The van der Waals surface area contributed by atoms with E-state index in [9.17, 15) is 4.79 Å². The van der Waals surface area contributed by atoms with Gasteiger partial charge in [-0.05, 0) is 37.7 Å². The van der Waals surface area contributed by atoms with E-state index in [0.29, 0.717) is 5.78 Å². The Morgan fingerprint density at radius 1 is 0.412 bits per heavy atom. The van der Waals surface area contributed by atoms with Crippen molar-refractivity contribution in [1.29, 1.82) is 0 Å². The van der Waals surface area contributed by atoms with E-state index in [0.717, 1.165) is 19.3 Å². The predicted octanol–water partition coefficient (Wildman–Crippen LogP) is 11.8. The van der Waals surface area contributed by atoms with Gasteiger partial charge in [0, 0.05) is 6.42 Å². The number of carbonyl (C=O) groups is 1. The van der Waals surface area contributed by atoms with Crippen LogP contribution in [0.1, 0.15) is 194 Å². The largest absolute Gasteiger partial charge is 0.295 e. The molecule has 1 aliphatic rings. The molecule has 1 heteroatoms. The third kappa shape index (κ3) is 17.8. The van der Waals surface area contributed by atoms with Crippen molar-refractivity contribution in [3.05, 3.63) is 11.1 Å². The van der Waals surface area contributed by atoms with Crippen LogP contribution in [0.3, 0.4) is 0 Å². The molecule has 0 bridgehead atoms. The van der Waals surface area contributed by atoms with Gasteiger partial charge in [0.15, 0.2) is 5.78 Å². The third-order valence-electron chi connectivity index (χ3n) is 8.03. The minimum Gasteiger partial charge on any atom is -0.295 e. The molecule has 34 heavy (non-hydrogen) atoms. The molecule has 0 aromatic heterocycles. The normalized spacial score (nSPS) is 14.0. The molecule has 0 N–H and O–H groups in total. The highest BCUT2D eigenvalue weighted by Gasteiger charge is 2.21. The fourth-order valence-corrected chi connectivity index (χ4v) is 5.68. The number of carbonyl (C=O) groups excluding carboxylic acids is 1. The molecule has 0 radical (unpaired) electrons. The highest BCUT2D eigenvalue weighted by atomic mass is 16.1. The van der Waals surface area contributed by atoms with Crippen molar-refractivity contribution in [2.45, 2.75) is 194 Å². The number of unbranched alkanes of at least 4 members (excludes halogenated alkanes) is 22. The van der Waals surface area contributed by atoms with Gasteiger partial charge in [-0.2, -0.15) is 0 Å². The molecule has 0 heterocycles. The molecule has 0 saturated carbocycles. The maximum absolute atomic E-state index is 12.4. The highest BCUT2D eigenvalue weighted by Crippen LogP contribution is 2.31. The van der Waals surface area contributed by atoms with Gasteiger partial charge in [0.05, 0.1) is 0 Å². The van der Waals surface area contributed by atoms with Crippen LogP contribution in [0.2, 0.25) is 0 Å². The van der Waals surface area contributed by atoms with Crippen LogP contribution in [0.4, 0.5) is 0 Å². The Morgan fingerprint density at radius 3 is 1.12 bits per heavy atom. The third-order valence-corrected chi connectivity index (χ3v) is 8.03. The van der Waals surface area contributed by atoms with Gasteiger partial charge in [-0.25, -0.2) is 0 Å². The quantitative estimate of drug-likeness (QED) is 0.114. The van der Waals surface area contributed by atoms with Gasteiger partial charge in [0.1, 0.15) is 0 Å². The Kier molecular flexibility index (Phi) is 22.3. The number of hydrogen-bond acceptors (Lipinski definition) is 1. The monoisotopic (exact) mass is 474 g/mol. The Morgan fingerprint density at radius 2 is 0.735 bits per heavy atom. The molecule has 0 saturated heterocycles. The Labute approximate surface area is 215 Å². The molecular formula is C33H62O. The van der Waals surface area contributed by atoms with Crippen LogP contribution in [-0.4, -0.2) is 5.78 Å². The van der Waals surface area contributed by atoms with Crippen LogP contribution in [0.25, 0.3) is 0 Å². The zero-order chi connectivity index (χ0) is 24.5. The van der Waals surface area contributed by atoms with Gasteiger partial charge in [-0.1, -0.05) is 161 Å². The molecule has 1 rings (SSSR count). The van der Waals surface area contributed by atoms with Crippen molar-refractivity contribution in [1.82, 2.24) is 0 Å². The van der Waals surface area contributed by atoms with Gasteiger partial charge in [0.25, 0.3) is 0 Å². The molecule has 0 aromatic rings. The number of rotatable bonds is 26. The Bertz CT molecular complexity index is 489. The molecule has 200 valence electrons. The maximum atomic E-state index is 12.4. The molecular weight excluding hydrogens is 412 g/mol. The molecule has 1 aliphatic carbocycles. The summed E-state index contributed by atoms with van der Waals surface area (Å²) >= 11 is 0. The second kappa shape index (κ2) is 24.1. The van der Waals surface area contributed by atoms with E-state index in [-0.39, 0.29) is 0 Å². The van der Waals surface area contributed by atoms with Crippen molar-refractivity contribution in [2.75, 3.05) is 0 Å². The summed E-state index contributed by atoms with van der Waals surface area (Å²) in [5.74, 6) is 0.483. The lowest BCUT2D eigenvalue weighted by Crippen LogP contribution is -1.97. The second-order valence-electron chi connectivity index (χ2n) is 11.3. The van der Waals surface area contributed by atoms with Crippen molar-refractivity contribution in [2.24, 2.45) is 0 Å². The van der Waals surface area contributed by atoms with Crippen LogP contribution in [0.15, 0.2) is 11.1 Å². The van der Waals surface area contributed by atoms with Crippen molar-refractivity contribution < 1.29 is 4.79 Å². The van der Waals surface area contributed by atoms with E-state index < -0.39 is 0 Å². The lowest BCUT2D eigenvalue weighted by molar-refractivity contribution is -0.115. The smallest absolute Gasteiger partial charge is 0.159 e. The summed E-state index contributed by atoms with van der Waals surface area (Å²) in [5.41, 5.74) is 2.80. The average molecular weight is 475 g/mol. The van der Waals surface area contributed by atoms with E-state index >= 15 is 0 Å². The van der Waals surface area contributed by atoms with E-state index in [2.05, 4.69) is 13.8 Å². The molecule has 0 aromatic carbocycles. The average Bonchev–Trinajstić information content (AvgIpc) is 3.19. The van der Waals surface area contributed by atoms with Gasteiger partial charge in [-0.15, -0.1) is 0 Å². The first-order valence-electron chi connectivity index (χ1n) is 16.0. The molecule has 1 nitrogen and oxygen atoms in total. The minimum atomic E-state index is 0.483. The summed E-state index contributed by atoms with van der Waals surface area (Å²) in [4.78, 5) is 12.4. The van der Waals surface area contributed by atoms with E-state index in [1.54, 1.807) is 5.57 Å². The maximum Gasteiger partial charge on any atom is 0.159 e. The first kappa shape index (κ1) is 31.4. The topological polar surface area (TPSA) is 17.1 Å². The zero-order valence-electron chi connectivity index (χ0n) is 23.7. The van der Waals surface area contributed by atoms with Gasteiger partial charge >= 0.3 is 0 Å². The molecule has 0 spiro atoms. The molecule has 0 fully saturated rings. The second-order valence-corrected chi connectivity index (χ2v) is 11.3. The highest BCUT2D eigenvalue weighted by molar-refractivity contribution is 5.98. The van der Waals surface area contributed by atoms with E-state index in [1.807, 2.05) is 0 Å². The van der Waals surface area contributed by atoms with Crippen molar-refractivity contribution >= 4 is 5.78 Å². The first-order chi connectivity index (χ1) is 16.8. The van der Waals surface area contributed by atoms with Gasteiger partial charge in [-0.3, -0.25) is 4.79 Å². The molecule has 0 atom stereocenters. The molecule has 0 aliphatic heterocycles. The number of ketones is 1. The summed E-state index contributed by atoms with van der Waals surface area (Å²) in [7, 11) is 0. The van der Waals surface area contributed by atoms with Crippen LogP contribution >= 0.6 is 0 Å². The Balaban J connectivity index is 1.97. The van der Waals surface area contributed by atoms with Crippen molar-refractivity contribution in [3.63, 3.8) is 0 Å². The summed E-state index contributed by atoms with van der Waals surface area (Å²) in [6.07, 6.45) is 37.8. The van der Waals surface area contributed by atoms with Crippen molar-refractivity contribution in [3.8, 4) is 0 Å². The van der Waals surface area contributed by atoms with E-state index in [4.69, 9.17) is 0 Å². The SMILES string of the molecule is CCCCCCCCCCCCCCC1=C(CCCCCCCCCCCCCC)C(=O)CC1. The van der Waals surface area contributed by atoms with E-state index in [1.165, 1.54) is 166 Å². The van der Waals surface area contributed by atoms with Crippen LogP contribution < -0.4 is 0 Å². The first-order valence-corrected chi connectivity index (χ1v) is 16.0.